The van der Waals surface area contributed by atoms with Gasteiger partial charge in [0.1, 0.15) is 5.75 Å². The smallest absolute Gasteiger partial charge is 0.260 e. The first kappa shape index (κ1) is 16.5. The number of carbonyl (C=O) groups is 1. The molecule has 0 aliphatic heterocycles. The second-order valence-corrected chi connectivity index (χ2v) is 5.95. The number of hydrogen-bond donors (Lipinski definition) is 1. The molecule has 0 aromatic heterocycles. The van der Waals surface area contributed by atoms with E-state index in [0.717, 1.165) is 17.9 Å². The molecule has 0 atom stereocenters. The Morgan fingerprint density at radius 2 is 2.05 bits per heavy atom. The maximum atomic E-state index is 11.7. The van der Waals surface area contributed by atoms with Crippen LogP contribution in [0.5, 0.6) is 5.75 Å². The monoisotopic (exact) mass is 278 g/mol. The molecule has 4 nitrogen and oxygen atoms in total. The van der Waals surface area contributed by atoms with Crippen LogP contribution in [0, 0.1) is 0 Å². The average Bonchev–Trinajstić information content (AvgIpc) is 2.41. The zero-order chi connectivity index (χ0) is 15.2. The van der Waals surface area contributed by atoms with E-state index in [1.54, 1.807) is 11.9 Å². The SMILES string of the molecule is CCN(C)C(=O)COc1cccc(CNC(C)(C)C)c1. The van der Waals surface area contributed by atoms with Crippen molar-refractivity contribution in [3.63, 3.8) is 0 Å². The zero-order valence-electron chi connectivity index (χ0n) is 13.2. The summed E-state index contributed by atoms with van der Waals surface area (Å²) in [6.07, 6.45) is 0. The first-order valence-corrected chi connectivity index (χ1v) is 7.02. The highest BCUT2D eigenvalue weighted by Gasteiger charge is 2.10. The van der Waals surface area contributed by atoms with Crippen LogP contribution in [0.1, 0.15) is 33.3 Å². The summed E-state index contributed by atoms with van der Waals surface area (Å²) in [7, 11) is 1.77. The normalized spacial score (nSPS) is 11.2. The highest BCUT2D eigenvalue weighted by atomic mass is 16.5. The summed E-state index contributed by atoms with van der Waals surface area (Å²) in [5.41, 5.74) is 1.23. The van der Waals surface area contributed by atoms with E-state index in [1.165, 1.54) is 0 Å². The van der Waals surface area contributed by atoms with Crippen molar-refractivity contribution >= 4 is 5.91 Å². The molecule has 112 valence electrons. The minimum absolute atomic E-state index is 0.00859. The molecule has 0 bridgehead atoms. The Morgan fingerprint density at radius 1 is 1.35 bits per heavy atom. The number of nitrogens with one attached hydrogen (secondary N) is 1. The fraction of sp³-hybridized carbons (Fsp3) is 0.562. The number of likely N-dealkylation sites (N-methyl/N-ethyl adjacent to an activating group) is 1. The number of amides is 1. The molecule has 1 aromatic carbocycles. The Labute approximate surface area is 122 Å². The summed E-state index contributed by atoms with van der Waals surface area (Å²) < 4.78 is 5.54. The molecule has 0 spiro atoms. The molecule has 0 unspecified atom stereocenters. The van der Waals surface area contributed by atoms with Crippen LogP contribution in [-0.4, -0.2) is 36.5 Å². The second-order valence-electron chi connectivity index (χ2n) is 5.95. The lowest BCUT2D eigenvalue weighted by Crippen LogP contribution is -2.35. The molecule has 0 saturated carbocycles. The number of rotatable bonds is 6. The molecular weight excluding hydrogens is 252 g/mol. The molecule has 1 amide bonds. The van der Waals surface area contributed by atoms with Gasteiger partial charge in [0.05, 0.1) is 0 Å². The Kier molecular flexibility index (Phi) is 6.02. The molecule has 0 saturated heterocycles. The summed E-state index contributed by atoms with van der Waals surface area (Å²) in [5.74, 6) is 0.724. The lowest BCUT2D eigenvalue weighted by molar-refractivity contribution is -0.131. The fourth-order valence-electron chi connectivity index (χ4n) is 1.54. The molecule has 1 N–H and O–H groups in total. The minimum Gasteiger partial charge on any atom is -0.484 e. The zero-order valence-corrected chi connectivity index (χ0v) is 13.2. The van der Waals surface area contributed by atoms with Crippen molar-refractivity contribution in [3.05, 3.63) is 29.8 Å². The van der Waals surface area contributed by atoms with Crippen LogP contribution in [0.3, 0.4) is 0 Å². The van der Waals surface area contributed by atoms with Gasteiger partial charge in [-0.15, -0.1) is 0 Å². The maximum absolute atomic E-state index is 11.7. The predicted octanol–water partition coefficient (Wildman–Crippen LogP) is 2.43. The van der Waals surface area contributed by atoms with Crippen LogP contribution in [0.25, 0.3) is 0 Å². The highest BCUT2D eigenvalue weighted by molar-refractivity contribution is 5.77. The molecule has 0 heterocycles. The first-order chi connectivity index (χ1) is 9.31. The van der Waals surface area contributed by atoms with Gasteiger partial charge in [-0.3, -0.25) is 4.79 Å². The van der Waals surface area contributed by atoms with Crippen molar-refractivity contribution < 1.29 is 9.53 Å². The van der Waals surface area contributed by atoms with E-state index in [2.05, 4.69) is 26.1 Å². The molecule has 1 rings (SSSR count). The minimum atomic E-state index is -0.00859. The Morgan fingerprint density at radius 3 is 2.65 bits per heavy atom. The third-order valence-electron chi connectivity index (χ3n) is 2.98. The Hall–Kier alpha value is -1.55. The fourth-order valence-corrected chi connectivity index (χ4v) is 1.54. The molecular formula is C16H26N2O2. The topological polar surface area (TPSA) is 41.6 Å². The van der Waals surface area contributed by atoms with Crippen LogP contribution >= 0.6 is 0 Å². The van der Waals surface area contributed by atoms with Gasteiger partial charge in [0.25, 0.3) is 5.91 Å². The Bertz CT molecular complexity index is 438. The van der Waals surface area contributed by atoms with Gasteiger partial charge in [0, 0.05) is 25.7 Å². The van der Waals surface area contributed by atoms with Crippen LogP contribution in [0.2, 0.25) is 0 Å². The Balaban J connectivity index is 2.53. The van der Waals surface area contributed by atoms with E-state index in [4.69, 9.17) is 4.74 Å². The third kappa shape index (κ3) is 6.06. The van der Waals surface area contributed by atoms with E-state index in [0.29, 0.717) is 6.54 Å². The summed E-state index contributed by atoms with van der Waals surface area (Å²) in [5, 5.41) is 3.43. The lowest BCUT2D eigenvalue weighted by atomic mass is 10.1. The third-order valence-corrected chi connectivity index (χ3v) is 2.98. The molecule has 20 heavy (non-hydrogen) atoms. The van der Waals surface area contributed by atoms with Crippen LogP contribution in [-0.2, 0) is 11.3 Å². The van der Waals surface area contributed by atoms with E-state index in [1.807, 2.05) is 31.2 Å². The molecule has 0 aliphatic rings. The average molecular weight is 278 g/mol. The van der Waals surface area contributed by atoms with Crippen molar-refractivity contribution in [1.82, 2.24) is 10.2 Å². The van der Waals surface area contributed by atoms with Gasteiger partial charge in [-0.25, -0.2) is 0 Å². The van der Waals surface area contributed by atoms with Crippen molar-refractivity contribution in [2.75, 3.05) is 20.2 Å². The number of nitrogens with zero attached hydrogens (tertiary/aromatic N) is 1. The number of carbonyl (C=O) groups excluding carboxylic acids is 1. The van der Waals surface area contributed by atoms with Crippen LogP contribution < -0.4 is 10.1 Å². The van der Waals surface area contributed by atoms with Crippen molar-refractivity contribution in [3.8, 4) is 5.75 Å². The molecule has 0 aliphatic carbocycles. The molecule has 1 aromatic rings. The summed E-state index contributed by atoms with van der Waals surface area (Å²) >= 11 is 0. The standard InChI is InChI=1S/C16H26N2O2/c1-6-18(5)15(19)12-20-14-9-7-8-13(10-14)11-17-16(2,3)4/h7-10,17H,6,11-12H2,1-5H3. The largest absolute Gasteiger partial charge is 0.484 e. The summed E-state index contributed by atoms with van der Waals surface area (Å²) in [6.45, 7) is 9.89. The lowest BCUT2D eigenvalue weighted by Gasteiger charge is -2.20. The van der Waals surface area contributed by atoms with Crippen molar-refractivity contribution in [1.29, 1.82) is 0 Å². The molecule has 0 fully saturated rings. The van der Waals surface area contributed by atoms with Crippen LogP contribution in [0.15, 0.2) is 24.3 Å². The number of hydrogen-bond acceptors (Lipinski definition) is 3. The molecule has 4 heteroatoms. The highest BCUT2D eigenvalue weighted by Crippen LogP contribution is 2.14. The van der Waals surface area contributed by atoms with E-state index >= 15 is 0 Å². The predicted molar refractivity (Wildman–Crippen MR) is 81.8 cm³/mol. The van der Waals surface area contributed by atoms with Gasteiger partial charge < -0.3 is 15.0 Å². The van der Waals surface area contributed by atoms with Gasteiger partial charge in [-0.2, -0.15) is 0 Å². The molecule has 0 radical (unpaired) electrons. The van der Waals surface area contributed by atoms with E-state index in [-0.39, 0.29) is 18.1 Å². The maximum Gasteiger partial charge on any atom is 0.260 e. The van der Waals surface area contributed by atoms with Crippen LogP contribution in [0.4, 0.5) is 0 Å². The van der Waals surface area contributed by atoms with E-state index < -0.39 is 0 Å². The summed E-state index contributed by atoms with van der Waals surface area (Å²) in [6, 6.07) is 7.84. The summed E-state index contributed by atoms with van der Waals surface area (Å²) in [4.78, 5) is 13.3. The van der Waals surface area contributed by atoms with Gasteiger partial charge in [0.2, 0.25) is 0 Å². The quantitative estimate of drug-likeness (QED) is 0.869. The second kappa shape index (κ2) is 7.29. The van der Waals surface area contributed by atoms with Crippen molar-refractivity contribution in [2.24, 2.45) is 0 Å². The van der Waals surface area contributed by atoms with E-state index in [9.17, 15) is 4.79 Å². The first-order valence-electron chi connectivity index (χ1n) is 7.02. The van der Waals surface area contributed by atoms with Gasteiger partial charge in [0.15, 0.2) is 6.61 Å². The van der Waals surface area contributed by atoms with Crippen molar-refractivity contribution in [2.45, 2.75) is 39.8 Å². The number of benzene rings is 1. The van der Waals surface area contributed by atoms with Gasteiger partial charge >= 0.3 is 0 Å². The van der Waals surface area contributed by atoms with Gasteiger partial charge in [-0.1, -0.05) is 12.1 Å². The number of ether oxygens (including phenoxy) is 1. The van der Waals surface area contributed by atoms with Gasteiger partial charge in [-0.05, 0) is 45.4 Å².